The third-order valence-electron chi connectivity index (χ3n) is 5.26. The number of nitrogens with zero attached hydrogens (tertiary/aromatic N) is 6. The maximum atomic E-state index is 14.2. The van der Waals surface area contributed by atoms with Gasteiger partial charge < -0.3 is 0 Å². The SMILES string of the molecule is O=c1c2ccccc2nc(SCCCSc2nnnn2-c2ccc(F)c(F)c2F)n1-c1ccc(Br)cc1. The quantitative estimate of drug-likeness (QED) is 0.0956. The zero-order valence-corrected chi connectivity index (χ0v) is 22.0. The molecule has 13 heteroatoms. The van der Waals surface area contributed by atoms with Crippen molar-refractivity contribution in [1.29, 1.82) is 0 Å². The van der Waals surface area contributed by atoms with Crippen LogP contribution in [0.3, 0.4) is 0 Å². The van der Waals surface area contributed by atoms with E-state index in [1.54, 1.807) is 22.8 Å². The Labute approximate surface area is 225 Å². The molecule has 0 spiro atoms. The molecule has 0 aliphatic carbocycles. The van der Waals surface area contributed by atoms with Crippen LogP contribution in [0.4, 0.5) is 13.2 Å². The molecule has 0 saturated carbocycles. The predicted molar refractivity (Wildman–Crippen MR) is 140 cm³/mol. The lowest BCUT2D eigenvalue weighted by atomic mass is 10.2. The highest BCUT2D eigenvalue weighted by Gasteiger charge is 2.19. The Morgan fingerprint density at radius 3 is 2.38 bits per heavy atom. The highest BCUT2D eigenvalue weighted by Crippen LogP contribution is 2.26. The normalized spacial score (nSPS) is 11.4. The first-order valence-corrected chi connectivity index (χ1v) is 13.7. The number of halogens is 4. The number of thioether (sulfide) groups is 2. The van der Waals surface area contributed by atoms with Gasteiger partial charge in [0.25, 0.3) is 5.56 Å². The first-order chi connectivity index (χ1) is 17.9. The first kappa shape index (κ1) is 25.5. The van der Waals surface area contributed by atoms with Crippen molar-refractivity contribution in [2.45, 2.75) is 16.7 Å². The van der Waals surface area contributed by atoms with Gasteiger partial charge in [-0.25, -0.2) is 18.2 Å². The van der Waals surface area contributed by atoms with Crippen LogP contribution in [-0.4, -0.2) is 41.3 Å². The van der Waals surface area contributed by atoms with E-state index < -0.39 is 17.5 Å². The number of rotatable bonds is 8. The molecule has 7 nitrogen and oxygen atoms in total. The second kappa shape index (κ2) is 11.1. The molecule has 0 aliphatic heterocycles. The highest BCUT2D eigenvalue weighted by atomic mass is 79.9. The van der Waals surface area contributed by atoms with Crippen molar-refractivity contribution >= 4 is 50.4 Å². The van der Waals surface area contributed by atoms with Crippen LogP contribution in [0.5, 0.6) is 0 Å². The van der Waals surface area contributed by atoms with Gasteiger partial charge in [-0.05, 0) is 65.4 Å². The Morgan fingerprint density at radius 1 is 0.865 bits per heavy atom. The largest absolute Gasteiger partial charge is 0.268 e. The van der Waals surface area contributed by atoms with Crippen molar-refractivity contribution in [2.75, 3.05) is 11.5 Å². The average Bonchev–Trinajstić information content (AvgIpc) is 3.36. The molecule has 188 valence electrons. The maximum absolute atomic E-state index is 14.2. The van der Waals surface area contributed by atoms with Gasteiger partial charge in [0.05, 0.1) is 16.6 Å². The van der Waals surface area contributed by atoms with Crippen molar-refractivity contribution < 1.29 is 13.2 Å². The molecule has 0 saturated heterocycles. The van der Waals surface area contributed by atoms with Crippen molar-refractivity contribution in [2.24, 2.45) is 0 Å². The monoisotopic (exact) mass is 604 g/mol. The summed E-state index contributed by atoms with van der Waals surface area (Å²) in [5, 5.41) is 12.4. The fourth-order valence-electron chi connectivity index (χ4n) is 3.51. The van der Waals surface area contributed by atoms with Gasteiger partial charge in [-0.15, -0.1) is 5.10 Å². The lowest BCUT2D eigenvalue weighted by Gasteiger charge is -2.13. The lowest BCUT2D eigenvalue weighted by molar-refractivity contribution is 0.441. The molecule has 3 aromatic carbocycles. The molecule has 0 fully saturated rings. The topological polar surface area (TPSA) is 78.5 Å². The van der Waals surface area contributed by atoms with Crippen LogP contribution in [0.2, 0.25) is 0 Å². The van der Waals surface area contributed by atoms with Gasteiger partial charge in [-0.1, -0.05) is 51.6 Å². The molecule has 0 unspecified atom stereocenters. The first-order valence-electron chi connectivity index (χ1n) is 10.9. The molecule has 2 heterocycles. The van der Waals surface area contributed by atoms with E-state index in [0.29, 0.717) is 39.7 Å². The number of para-hydroxylation sites is 1. The smallest absolute Gasteiger partial charge is 0.266 e. The molecular weight excluding hydrogens is 589 g/mol. The zero-order valence-electron chi connectivity index (χ0n) is 18.8. The molecule has 0 aliphatic rings. The average molecular weight is 605 g/mol. The number of hydrogen-bond donors (Lipinski definition) is 0. The van der Waals surface area contributed by atoms with E-state index in [-0.39, 0.29) is 16.4 Å². The van der Waals surface area contributed by atoms with Crippen LogP contribution >= 0.6 is 39.5 Å². The number of hydrogen-bond acceptors (Lipinski definition) is 7. The van der Waals surface area contributed by atoms with Gasteiger partial charge in [-0.3, -0.25) is 9.36 Å². The Bertz CT molecular complexity index is 1640. The van der Waals surface area contributed by atoms with E-state index in [9.17, 15) is 18.0 Å². The predicted octanol–water partition coefficient (Wildman–Crippen LogP) is 5.82. The summed E-state index contributed by atoms with van der Waals surface area (Å²) in [4.78, 5) is 18.0. The van der Waals surface area contributed by atoms with Crippen molar-refractivity contribution in [3.63, 3.8) is 0 Å². The summed E-state index contributed by atoms with van der Waals surface area (Å²) in [5.41, 5.74) is 0.888. The zero-order chi connectivity index (χ0) is 25.9. The van der Waals surface area contributed by atoms with Gasteiger partial charge >= 0.3 is 0 Å². The maximum Gasteiger partial charge on any atom is 0.266 e. The second-order valence-electron chi connectivity index (χ2n) is 7.65. The lowest BCUT2D eigenvalue weighted by Crippen LogP contribution is -2.21. The van der Waals surface area contributed by atoms with Crippen LogP contribution in [-0.2, 0) is 0 Å². The van der Waals surface area contributed by atoms with E-state index in [1.807, 2.05) is 30.3 Å². The third kappa shape index (κ3) is 5.29. The molecule has 0 radical (unpaired) electrons. The summed E-state index contributed by atoms with van der Waals surface area (Å²) < 4.78 is 44.7. The molecule has 37 heavy (non-hydrogen) atoms. The van der Waals surface area contributed by atoms with Gasteiger partial charge in [0, 0.05) is 16.0 Å². The fraction of sp³-hybridized carbons (Fsp3) is 0.125. The van der Waals surface area contributed by atoms with Gasteiger partial charge in [0.1, 0.15) is 5.69 Å². The number of tetrazole rings is 1. The summed E-state index contributed by atoms with van der Waals surface area (Å²) in [5.74, 6) is -3.06. The Morgan fingerprint density at radius 2 is 1.59 bits per heavy atom. The number of benzene rings is 3. The van der Waals surface area contributed by atoms with Crippen LogP contribution in [0.25, 0.3) is 22.3 Å². The van der Waals surface area contributed by atoms with Crippen LogP contribution < -0.4 is 5.56 Å². The van der Waals surface area contributed by atoms with Crippen LogP contribution in [0.15, 0.2) is 80.2 Å². The Kier molecular flexibility index (Phi) is 7.63. The van der Waals surface area contributed by atoms with Crippen molar-refractivity contribution in [3.8, 4) is 11.4 Å². The number of fused-ring (bicyclic) bond motifs is 1. The highest BCUT2D eigenvalue weighted by molar-refractivity contribution is 9.10. The molecule has 0 atom stereocenters. The molecular formula is C24H16BrF3N6OS2. The summed E-state index contributed by atoms with van der Waals surface area (Å²) in [6.45, 7) is 0. The summed E-state index contributed by atoms with van der Waals surface area (Å²) in [7, 11) is 0. The minimum Gasteiger partial charge on any atom is -0.268 e. The molecule has 5 rings (SSSR count). The van der Waals surface area contributed by atoms with Gasteiger partial charge in [0.15, 0.2) is 22.6 Å². The van der Waals surface area contributed by atoms with Crippen LogP contribution in [0, 0.1) is 17.5 Å². The summed E-state index contributed by atoms with van der Waals surface area (Å²) in [6.07, 6.45) is 0.672. The fourth-order valence-corrected chi connectivity index (χ4v) is 5.73. The second-order valence-corrected chi connectivity index (χ2v) is 10.7. The third-order valence-corrected chi connectivity index (χ3v) is 7.82. The van der Waals surface area contributed by atoms with E-state index in [0.717, 1.165) is 21.3 Å². The molecule has 0 amide bonds. The Hall–Kier alpha value is -3.16. The Balaban J connectivity index is 1.31. The van der Waals surface area contributed by atoms with Gasteiger partial charge in [-0.2, -0.15) is 4.68 Å². The van der Waals surface area contributed by atoms with E-state index in [2.05, 4.69) is 31.5 Å². The van der Waals surface area contributed by atoms with E-state index in [4.69, 9.17) is 4.98 Å². The molecule has 2 aromatic heterocycles. The number of aromatic nitrogens is 6. The molecule has 0 bridgehead atoms. The minimum atomic E-state index is -1.58. The van der Waals surface area contributed by atoms with E-state index in [1.165, 1.54) is 23.5 Å². The summed E-state index contributed by atoms with van der Waals surface area (Å²) >= 11 is 6.10. The molecule has 5 aromatic rings. The van der Waals surface area contributed by atoms with Crippen LogP contribution in [0.1, 0.15) is 6.42 Å². The summed E-state index contributed by atoms with van der Waals surface area (Å²) in [6, 6.07) is 16.5. The van der Waals surface area contributed by atoms with Crippen molar-refractivity contribution in [3.05, 3.63) is 92.9 Å². The van der Waals surface area contributed by atoms with Gasteiger partial charge in [0.2, 0.25) is 5.16 Å². The standard InChI is InChI=1S/C24H16BrF3N6OS2/c25-14-6-8-15(9-7-14)33-22(35)16-4-1-2-5-18(16)29-23(33)36-12-3-13-37-24-30-31-32-34(24)19-11-10-17(26)20(27)21(19)28/h1-2,4-11H,3,12-13H2. The molecule has 0 N–H and O–H groups in total. The van der Waals surface area contributed by atoms with E-state index >= 15 is 0 Å². The van der Waals surface area contributed by atoms with Crippen molar-refractivity contribution in [1.82, 2.24) is 29.8 Å². The minimum absolute atomic E-state index is 0.155.